The summed E-state index contributed by atoms with van der Waals surface area (Å²) >= 11 is 8.47. The molecule has 2 N–H and O–H groups in total. The van der Waals surface area contributed by atoms with Gasteiger partial charge in [-0.1, -0.05) is 11.6 Å². The predicted molar refractivity (Wildman–Crippen MR) is 81.7 cm³/mol. The summed E-state index contributed by atoms with van der Waals surface area (Å²) in [7, 11) is 1.75. The molecule has 2 aromatic rings. The maximum Gasteiger partial charge on any atom is 0.246 e. The quantitative estimate of drug-likeness (QED) is 0.777. The second-order valence-electron chi connectivity index (χ2n) is 4.20. The molecule has 1 aliphatic rings. The van der Waals surface area contributed by atoms with Gasteiger partial charge in [-0.05, 0) is 41.8 Å². The van der Waals surface area contributed by atoms with Gasteiger partial charge in [0.15, 0.2) is 0 Å². The Bertz CT molecular complexity index is 670. The van der Waals surface area contributed by atoms with Crippen molar-refractivity contribution in [2.45, 2.75) is 6.04 Å². The van der Waals surface area contributed by atoms with Gasteiger partial charge in [-0.2, -0.15) is 5.10 Å². The Morgan fingerprint density at radius 1 is 1.53 bits per heavy atom. The Hall–Kier alpha value is -1.12. The molecule has 98 valence electrons. The van der Waals surface area contributed by atoms with E-state index in [0.29, 0.717) is 5.02 Å². The summed E-state index contributed by atoms with van der Waals surface area (Å²) in [4.78, 5) is 11.8. The highest BCUT2D eigenvalue weighted by molar-refractivity contribution is 14.1. The highest BCUT2D eigenvalue weighted by Gasteiger charge is 2.30. The van der Waals surface area contributed by atoms with Gasteiger partial charge in [0.2, 0.25) is 5.91 Å². The molecule has 1 aromatic carbocycles. The van der Waals surface area contributed by atoms with Crippen LogP contribution in [0.5, 0.6) is 0 Å². The molecule has 1 unspecified atom stereocenters. The van der Waals surface area contributed by atoms with Crippen LogP contribution in [-0.4, -0.2) is 22.7 Å². The number of nitrogens with zero attached hydrogens (tertiary/aromatic N) is 2. The van der Waals surface area contributed by atoms with Gasteiger partial charge in [0, 0.05) is 17.4 Å². The highest BCUT2D eigenvalue weighted by atomic mass is 127. The average molecular weight is 389 g/mol. The molecule has 2 heterocycles. The lowest BCUT2D eigenvalue weighted by Crippen LogP contribution is -2.23. The van der Waals surface area contributed by atoms with E-state index in [4.69, 9.17) is 11.6 Å². The third-order valence-electron chi connectivity index (χ3n) is 3.04. The standard InChI is InChI=1S/C12H10ClIN4O/c1-15-11-7-2-8(13)10(3-9(7)17-12(11)19)18-5-6(14)4-16-18/h2-5,11,15H,1H3,(H,17,19). The number of fused-ring (bicyclic) bond motifs is 1. The van der Waals surface area contributed by atoms with Gasteiger partial charge < -0.3 is 10.6 Å². The first-order chi connectivity index (χ1) is 9.10. The van der Waals surface area contributed by atoms with Crippen molar-refractivity contribution in [3.63, 3.8) is 0 Å². The molecule has 0 saturated carbocycles. The fourth-order valence-corrected chi connectivity index (χ4v) is 2.81. The molecule has 0 radical (unpaired) electrons. The lowest BCUT2D eigenvalue weighted by atomic mass is 10.1. The van der Waals surface area contributed by atoms with E-state index in [1.165, 1.54) is 0 Å². The van der Waals surface area contributed by atoms with Gasteiger partial charge in [-0.25, -0.2) is 4.68 Å². The Morgan fingerprint density at radius 3 is 2.95 bits per heavy atom. The number of hydrogen-bond donors (Lipinski definition) is 2. The van der Waals surface area contributed by atoms with E-state index < -0.39 is 0 Å². The van der Waals surface area contributed by atoms with E-state index in [1.54, 1.807) is 24.0 Å². The number of carbonyl (C=O) groups is 1. The van der Waals surface area contributed by atoms with Gasteiger partial charge in [-0.15, -0.1) is 0 Å². The van der Waals surface area contributed by atoms with Gasteiger partial charge >= 0.3 is 0 Å². The normalized spacial score (nSPS) is 17.4. The number of halogens is 2. The van der Waals surface area contributed by atoms with Crippen molar-refractivity contribution in [2.75, 3.05) is 12.4 Å². The molecule has 0 aliphatic carbocycles. The van der Waals surface area contributed by atoms with E-state index in [-0.39, 0.29) is 11.9 Å². The van der Waals surface area contributed by atoms with E-state index in [1.807, 2.05) is 12.3 Å². The number of anilines is 1. The smallest absolute Gasteiger partial charge is 0.246 e. The van der Waals surface area contributed by atoms with Crippen LogP contribution in [0.2, 0.25) is 5.02 Å². The Balaban J connectivity index is 2.12. The second kappa shape index (κ2) is 4.77. The zero-order valence-electron chi connectivity index (χ0n) is 9.95. The van der Waals surface area contributed by atoms with Crippen LogP contribution in [0.4, 0.5) is 5.69 Å². The van der Waals surface area contributed by atoms with Gasteiger partial charge in [-0.3, -0.25) is 4.79 Å². The van der Waals surface area contributed by atoms with Crippen LogP contribution in [0.15, 0.2) is 24.5 Å². The fourth-order valence-electron chi connectivity index (χ4n) is 2.17. The first-order valence-corrected chi connectivity index (χ1v) is 7.08. The second-order valence-corrected chi connectivity index (χ2v) is 5.86. The molecule has 0 spiro atoms. The number of likely N-dealkylation sites (N-methyl/N-ethyl adjacent to an activating group) is 1. The topological polar surface area (TPSA) is 59.0 Å². The third-order valence-corrected chi connectivity index (χ3v) is 3.90. The van der Waals surface area contributed by atoms with Crippen LogP contribution in [0.1, 0.15) is 11.6 Å². The zero-order chi connectivity index (χ0) is 13.6. The van der Waals surface area contributed by atoms with Crippen molar-refractivity contribution in [2.24, 2.45) is 0 Å². The van der Waals surface area contributed by atoms with Crippen LogP contribution in [-0.2, 0) is 4.79 Å². The minimum Gasteiger partial charge on any atom is -0.324 e. The fraction of sp³-hybridized carbons (Fsp3) is 0.167. The number of nitrogens with one attached hydrogen (secondary N) is 2. The molecule has 0 fully saturated rings. The first-order valence-electron chi connectivity index (χ1n) is 5.62. The van der Waals surface area contributed by atoms with Crippen molar-refractivity contribution in [3.05, 3.63) is 38.7 Å². The monoisotopic (exact) mass is 388 g/mol. The molecule has 7 heteroatoms. The molecular weight excluding hydrogens is 379 g/mol. The van der Waals surface area contributed by atoms with Gasteiger partial charge in [0.25, 0.3) is 0 Å². The zero-order valence-corrected chi connectivity index (χ0v) is 12.9. The Kier molecular flexibility index (Phi) is 3.23. The summed E-state index contributed by atoms with van der Waals surface area (Å²) < 4.78 is 2.72. The molecule has 3 rings (SSSR count). The van der Waals surface area contributed by atoms with Crippen molar-refractivity contribution < 1.29 is 4.79 Å². The number of hydrogen-bond acceptors (Lipinski definition) is 3. The summed E-state index contributed by atoms with van der Waals surface area (Å²) in [6.07, 6.45) is 3.62. The van der Waals surface area contributed by atoms with E-state index in [9.17, 15) is 4.79 Å². The van der Waals surface area contributed by atoms with Crippen molar-refractivity contribution in [1.29, 1.82) is 0 Å². The third kappa shape index (κ3) is 2.13. The van der Waals surface area contributed by atoms with Crippen molar-refractivity contribution in [3.8, 4) is 5.69 Å². The number of rotatable bonds is 2. The molecule has 19 heavy (non-hydrogen) atoms. The average Bonchev–Trinajstić information content (AvgIpc) is 2.91. The molecule has 5 nitrogen and oxygen atoms in total. The number of aromatic nitrogens is 2. The first kappa shape index (κ1) is 12.9. The minimum absolute atomic E-state index is 0.0687. The van der Waals surface area contributed by atoms with Gasteiger partial charge in [0.05, 0.1) is 20.5 Å². The summed E-state index contributed by atoms with van der Waals surface area (Å²) in [5.41, 5.74) is 2.39. The van der Waals surface area contributed by atoms with Crippen LogP contribution in [0.3, 0.4) is 0 Å². The molecule has 1 atom stereocenters. The largest absolute Gasteiger partial charge is 0.324 e. The molecule has 1 aromatic heterocycles. The Morgan fingerprint density at radius 2 is 2.32 bits per heavy atom. The van der Waals surface area contributed by atoms with E-state index >= 15 is 0 Å². The molecular formula is C12H10ClIN4O. The summed E-state index contributed by atoms with van der Waals surface area (Å²) in [6, 6.07) is 3.30. The lowest BCUT2D eigenvalue weighted by molar-refractivity contribution is -0.117. The molecule has 0 saturated heterocycles. The Labute approximate surface area is 128 Å². The predicted octanol–water partition coefficient (Wildman–Crippen LogP) is 2.34. The summed E-state index contributed by atoms with van der Waals surface area (Å²) in [6.45, 7) is 0. The minimum atomic E-state index is -0.348. The van der Waals surface area contributed by atoms with Gasteiger partial charge in [0.1, 0.15) is 6.04 Å². The SMILES string of the molecule is CNC1C(=O)Nc2cc(-n3cc(I)cn3)c(Cl)cc21. The van der Waals surface area contributed by atoms with E-state index in [2.05, 4.69) is 38.3 Å². The van der Waals surface area contributed by atoms with Crippen molar-refractivity contribution >= 4 is 45.8 Å². The maximum atomic E-state index is 11.8. The highest BCUT2D eigenvalue weighted by Crippen LogP contribution is 2.36. The van der Waals surface area contributed by atoms with Crippen LogP contribution in [0.25, 0.3) is 5.69 Å². The van der Waals surface area contributed by atoms with Crippen LogP contribution in [0, 0.1) is 3.57 Å². The van der Waals surface area contributed by atoms with E-state index in [0.717, 1.165) is 20.5 Å². The van der Waals surface area contributed by atoms with Crippen LogP contribution < -0.4 is 10.6 Å². The van der Waals surface area contributed by atoms with Crippen LogP contribution >= 0.6 is 34.2 Å². The maximum absolute atomic E-state index is 11.8. The number of carbonyl (C=O) groups excluding carboxylic acids is 1. The lowest BCUT2D eigenvalue weighted by Gasteiger charge is -2.10. The number of benzene rings is 1. The summed E-state index contributed by atoms with van der Waals surface area (Å²) in [5, 5.41) is 10.6. The summed E-state index contributed by atoms with van der Waals surface area (Å²) in [5.74, 6) is -0.0687. The molecule has 1 aliphatic heterocycles. The number of amides is 1. The molecule has 0 bridgehead atoms. The molecule has 1 amide bonds. The van der Waals surface area contributed by atoms with Crippen molar-refractivity contribution in [1.82, 2.24) is 15.1 Å².